The Kier molecular flexibility index (Phi) is 7.18. The summed E-state index contributed by atoms with van der Waals surface area (Å²) in [6.45, 7) is 1.82. The number of benzene rings is 3. The molecule has 1 amide bonds. The minimum Gasteiger partial charge on any atom is -0.324 e. The summed E-state index contributed by atoms with van der Waals surface area (Å²) in [5, 5.41) is 2.40. The molecule has 1 heterocycles. The van der Waals surface area contributed by atoms with Gasteiger partial charge in [0.25, 0.3) is 5.56 Å². The van der Waals surface area contributed by atoms with Gasteiger partial charge in [0.2, 0.25) is 5.91 Å². The first kappa shape index (κ1) is 24.8. The van der Waals surface area contributed by atoms with Crippen LogP contribution < -0.4 is 10.9 Å². The molecule has 5 nitrogen and oxygen atoms in total. The molecule has 0 saturated heterocycles. The first-order valence-electron chi connectivity index (χ1n) is 10.5. The molecular weight excluding hydrogens is 499 g/mol. The number of carbonyl (C=O) groups excluding carboxylic acids is 1. The topological polar surface area (TPSA) is 64.0 Å². The van der Waals surface area contributed by atoms with Crippen molar-refractivity contribution in [2.75, 3.05) is 5.32 Å². The first-order chi connectivity index (χ1) is 16.6. The van der Waals surface area contributed by atoms with E-state index in [4.69, 9.17) is 11.6 Å². The van der Waals surface area contributed by atoms with E-state index in [2.05, 4.69) is 10.3 Å². The summed E-state index contributed by atoms with van der Waals surface area (Å²) in [4.78, 5) is 30.7. The van der Waals surface area contributed by atoms with Gasteiger partial charge in [-0.25, -0.2) is 4.98 Å². The molecule has 10 heteroatoms. The van der Waals surface area contributed by atoms with Crippen molar-refractivity contribution in [1.29, 1.82) is 0 Å². The van der Waals surface area contributed by atoms with Crippen LogP contribution in [0.4, 0.5) is 18.9 Å². The molecule has 180 valence electrons. The Balaban J connectivity index is 1.64. The molecule has 1 N–H and O–H groups in total. The maximum atomic E-state index is 13.3. The second-order valence-electron chi connectivity index (χ2n) is 7.73. The van der Waals surface area contributed by atoms with Gasteiger partial charge < -0.3 is 5.32 Å². The van der Waals surface area contributed by atoms with E-state index in [9.17, 15) is 22.8 Å². The number of carbonyl (C=O) groups is 1. The highest BCUT2D eigenvalue weighted by molar-refractivity contribution is 8.00. The molecule has 0 radical (unpaired) electrons. The lowest BCUT2D eigenvalue weighted by atomic mass is 10.2. The van der Waals surface area contributed by atoms with E-state index >= 15 is 0 Å². The number of aromatic nitrogens is 2. The van der Waals surface area contributed by atoms with Crippen LogP contribution in [0.1, 0.15) is 18.1 Å². The van der Waals surface area contributed by atoms with E-state index < -0.39 is 22.9 Å². The summed E-state index contributed by atoms with van der Waals surface area (Å²) in [7, 11) is 0. The van der Waals surface area contributed by atoms with Crippen molar-refractivity contribution >= 4 is 45.9 Å². The number of amides is 1. The van der Waals surface area contributed by atoms with Gasteiger partial charge in [-0.15, -0.1) is 0 Å². The lowest BCUT2D eigenvalue weighted by Crippen LogP contribution is -2.27. The molecular formula is C25H19ClF3N3O2S. The van der Waals surface area contributed by atoms with Crippen molar-refractivity contribution in [3.8, 4) is 0 Å². The largest absolute Gasteiger partial charge is 0.416 e. The average molecular weight is 518 g/mol. The third-order valence-corrected chi connectivity index (χ3v) is 6.63. The van der Waals surface area contributed by atoms with Gasteiger partial charge in [0.1, 0.15) is 0 Å². The van der Waals surface area contributed by atoms with Crippen LogP contribution in [-0.4, -0.2) is 20.7 Å². The third-order valence-electron chi connectivity index (χ3n) is 5.21. The number of alkyl halides is 3. The highest BCUT2D eigenvalue weighted by Crippen LogP contribution is 2.34. The molecule has 0 spiro atoms. The number of nitrogens with zero attached hydrogens (tertiary/aromatic N) is 2. The lowest BCUT2D eigenvalue weighted by molar-refractivity contribution is -0.137. The molecule has 35 heavy (non-hydrogen) atoms. The number of fused-ring (bicyclic) bond motifs is 1. The van der Waals surface area contributed by atoms with Crippen LogP contribution in [-0.2, 0) is 17.5 Å². The van der Waals surface area contributed by atoms with Crippen LogP contribution in [0, 0.1) is 0 Å². The molecule has 0 fully saturated rings. The van der Waals surface area contributed by atoms with Crippen LogP contribution in [0.25, 0.3) is 10.9 Å². The van der Waals surface area contributed by atoms with Crippen molar-refractivity contribution in [3.05, 3.63) is 99.3 Å². The molecule has 4 aromatic rings. The van der Waals surface area contributed by atoms with Crippen LogP contribution in [0.15, 0.2) is 82.7 Å². The highest BCUT2D eigenvalue weighted by Gasteiger charge is 2.31. The second kappa shape index (κ2) is 10.1. The SMILES string of the molecule is CC(Sc1nc2ccccc2c(=O)n1Cc1ccccc1)C(=O)Nc1cc(C(F)(F)F)ccc1Cl. The predicted octanol–water partition coefficient (Wildman–Crippen LogP) is 6.24. The van der Waals surface area contributed by atoms with E-state index in [1.54, 1.807) is 31.2 Å². The van der Waals surface area contributed by atoms with E-state index in [0.717, 1.165) is 35.5 Å². The van der Waals surface area contributed by atoms with Crippen molar-refractivity contribution in [1.82, 2.24) is 9.55 Å². The Hall–Kier alpha value is -3.30. The third kappa shape index (κ3) is 5.68. The Morgan fingerprint density at radius 1 is 1.09 bits per heavy atom. The Bertz CT molecular complexity index is 1440. The van der Waals surface area contributed by atoms with Gasteiger partial charge in [-0.3, -0.25) is 14.2 Å². The molecule has 1 unspecified atom stereocenters. The van der Waals surface area contributed by atoms with Gasteiger partial charge in [0.05, 0.1) is 39.0 Å². The van der Waals surface area contributed by atoms with Gasteiger partial charge in [-0.1, -0.05) is 65.8 Å². The number of nitrogens with one attached hydrogen (secondary N) is 1. The molecule has 0 saturated carbocycles. The maximum absolute atomic E-state index is 13.3. The fourth-order valence-corrected chi connectivity index (χ4v) is 4.46. The van der Waals surface area contributed by atoms with Gasteiger partial charge in [0.15, 0.2) is 5.16 Å². The lowest BCUT2D eigenvalue weighted by Gasteiger charge is -2.17. The number of hydrogen-bond acceptors (Lipinski definition) is 4. The molecule has 0 aliphatic heterocycles. The average Bonchev–Trinajstić information content (AvgIpc) is 2.82. The van der Waals surface area contributed by atoms with E-state index in [0.29, 0.717) is 16.1 Å². The van der Waals surface area contributed by atoms with Crippen LogP contribution in [0.2, 0.25) is 5.02 Å². The molecule has 0 aliphatic carbocycles. The number of hydrogen-bond donors (Lipinski definition) is 1. The van der Waals surface area contributed by atoms with Gasteiger partial charge in [-0.2, -0.15) is 13.2 Å². The number of anilines is 1. The fourth-order valence-electron chi connectivity index (χ4n) is 3.39. The van der Waals surface area contributed by atoms with Gasteiger partial charge in [0, 0.05) is 0 Å². The zero-order valence-electron chi connectivity index (χ0n) is 18.3. The summed E-state index contributed by atoms with van der Waals surface area (Å²) in [6, 6.07) is 19.0. The quantitative estimate of drug-likeness (QED) is 0.243. The number of para-hydroxylation sites is 1. The minimum absolute atomic E-state index is 0.0200. The summed E-state index contributed by atoms with van der Waals surface area (Å²) in [6.07, 6.45) is -4.58. The first-order valence-corrected chi connectivity index (χ1v) is 11.8. The van der Waals surface area contributed by atoms with E-state index in [1.165, 1.54) is 4.57 Å². The molecule has 0 aliphatic rings. The number of rotatable bonds is 6. The standard InChI is InChI=1S/C25H19ClF3N3O2S/c1-15(22(33)30-21-13-17(25(27,28)29)11-12-19(21)26)35-24-31-20-10-6-5-9-18(20)23(34)32(24)14-16-7-3-2-4-8-16/h2-13,15H,14H2,1H3,(H,30,33). The highest BCUT2D eigenvalue weighted by atomic mass is 35.5. The molecule has 3 aromatic carbocycles. The van der Waals surface area contributed by atoms with Gasteiger partial charge in [-0.05, 0) is 42.8 Å². The zero-order valence-corrected chi connectivity index (χ0v) is 19.9. The van der Waals surface area contributed by atoms with E-state index in [1.807, 2.05) is 30.3 Å². The van der Waals surface area contributed by atoms with Crippen molar-refractivity contribution in [3.63, 3.8) is 0 Å². The van der Waals surface area contributed by atoms with E-state index in [-0.39, 0.29) is 22.8 Å². The Labute approximate surface area is 207 Å². The molecule has 1 aromatic heterocycles. The summed E-state index contributed by atoms with van der Waals surface area (Å²) >= 11 is 7.05. The number of halogens is 4. The second-order valence-corrected chi connectivity index (χ2v) is 9.45. The Morgan fingerprint density at radius 3 is 2.49 bits per heavy atom. The van der Waals surface area contributed by atoms with Crippen molar-refractivity contribution in [2.24, 2.45) is 0 Å². The van der Waals surface area contributed by atoms with Crippen LogP contribution >= 0.6 is 23.4 Å². The summed E-state index contributed by atoms with van der Waals surface area (Å²) in [5.41, 5.74) is 0.0344. The Morgan fingerprint density at radius 2 is 1.77 bits per heavy atom. The molecule has 1 atom stereocenters. The van der Waals surface area contributed by atoms with Crippen LogP contribution in [0.3, 0.4) is 0 Å². The monoisotopic (exact) mass is 517 g/mol. The summed E-state index contributed by atoms with van der Waals surface area (Å²) < 4.78 is 40.7. The predicted molar refractivity (Wildman–Crippen MR) is 132 cm³/mol. The molecule has 4 rings (SSSR count). The molecule has 0 bridgehead atoms. The number of thioether (sulfide) groups is 1. The maximum Gasteiger partial charge on any atom is 0.416 e. The minimum atomic E-state index is -4.58. The zero-order chi connectivity index (χ0) is 25.2. The smallest absolute Gasteiger partial charge is 0.324 e. The summed E-state index contributed by atoms with van der Waals surface area (Å²) in [5.74, 6) is -0.579. The van der Waals surface area contributed by atoms with Crippen LogP contribution in [0.5, 0.6) is 0 Å². The van der Waals surface area contributed by atoms with Crippen molar-refractivity contribution < 1.29 is 18.0 Å². The normalized spacial score (nSPS) is 12.5. The fraction of sp³-hybridized carbons (Fsp3) is 0.160. The van der Waals surface area contributed by atoms with Gasteiger partial charge >= 0.3 is 6.18 Å². The van der Waals surface area contributed by atoms with Crippen molar-refractivity contribution in [2.45, 2.75) is 30.1 Å².